The van der Waals surface area contributed by atoms with Gasteiger partial charge in [0, 0.05) is 19.0 Å². The fourth-order valence-corrected chi connectivity index (χ4v) is 1.97. The van der Waals surface area contributed by atoms with Crippen LogP contribution >= 0.6 is 0 Å². The molecular formula is C11H16N2O2. The van der Waals surface area contributed by atoms with E-state index in [-0.39, 0.29) is 5.91 Å². The molecular weight excluding hydrogens is 192 g/mol. The molecule has 0 saturated heterocycles. The molecule has 0 spiro atoms. The first-order valence-corrected chi connectivity index (χ1v) is 5.32. The third-order valence-electron chi connectivity index (χ3n) is 2.86. The Labute approximate surface area is 89.2 Å². The van der Waals surface area contributed by atoms with Gasteiger partial charge in [-0.25, -0.2) is 0 Å². The van der Waals surface area contributed by atoms with Crippen LogP contribution in [0.3, 0.4) is 0 Å². The molecule has 1 aliphatic rings. The molecule has 2 heterocycles. The van der Waals surface area contributed by atoms with Crippen LogP contribution in [0.4, 0.5) is 0 Å². The molecule has 0 radical (unpaired) electrons. The van der Waals surface area contributed by atoms with Gasteiger partial charge in [0.05, 0.1) is 12.2 Å². The Balaban J connectivity index is 2.26. The van der Waals surface area contributed by atoms with Gasteiger partial charge >= 0.3 is 0 Å². The topological polar surface area (TPSA) is 46.3 Å². The van der Waals surface area contributed by atoms with E-state index in [2.05, 4.69) is 19.0 Å². The van der Waals surface area contributed by atoms with Crippen molar-refractivity contribution in [2.45, 2.75) is 39.7 Å². The van der Waals surface area contributed by atoms with Crippen molar-refractivity contribution in [1.82, 2.24) is 10.1 Å². The highest BCUT2D eigenvalue weighted by Gasteiger charge is 2.25. The highest BCUT2D eigenvalue weighted by Crippen LogP contribution is 2.26. The third-order valence-corrected chi connectivity index (χ3v) is 2.86. The molecule has 0 aliphatic carbocycles. The quantitative estimate of drug-likeness (QED) is 0.705. The largest absolute Gasteiger partial charge is 0.359 e. The minimum absolute atomic E-state index is 0.100. The number of rotatable bonds is 1. The van der Waals surface area contributed by atoms with Crippen LogP contribution < -0.4 is 0 Å². The smallest absolute Gasteiger partial charge is 0.219 e. The second-order valence-corrected chi connectivity index (χ2v) is 4.31. The van der Waals surface area contributed by atoms with E-state index in [1.165, 1.54) is 5.56 Å². The first-order valence-electron chi connectivity index (χ1n) is 5.32. The van der Waals surface area contributed by atoms with E-state index in [0.717, 1.165) is 24.4 Å². The van der Waals surface area contributed by atoms with E-state index in [1.807, 2.05) is 0 Å². The van der Waals surface area contributed by atoms with Crippen molar-refractivity contribution >= 4 is 5.91 Å². The zero-order chi connectivity index (χ0) is 11.0. The molecule has 1 aromatic rings. The van der Waals surface area contributed by atoms with Gasteiger partial charge in [0.25, 0.3) is 0 Å². The first kappa shape index (κ1) is 10.2. The van der Waals surface area contributed by atoms with E-state index in [9.17, 15) is 4.79 Å². The molecule has 4 nitrogen and oxygen atoms in total. The predicted octanol–water partition coefficient (Wildman–Crippen LogP) is 1.70. The summed E-state index contributed by atoms with van der Waals surface area (Å²) in [6, 6.07) is 0. The molecule has 1 amide bonds. The molecule has 1 aromatic heterocycles. The lowest BCUT2D eigenvalue weighted by molar-refractivity contribution is -0.130. The van der Waals surface area contributed by atoms with Crippen LogP contribution in [-0.4, -0.2) is 22.5 Å². The normalized spacial score (nSPS) is 15.6. The second kappa shape index (κ2) is 3.68. The molecule has 0 fully saturated rings. The number of nitrogens with zero attached hydrogens (tertiary/aromatic N) is 2. The molecule has 0 aromatic carbocycles. The van der Waals surface area contributed by atoms with E-state index in [4.69, 9.17) is 4.52 Å². The summed E-state index contributed by atoms with van der Waals surface area (Å²) in [6.45, 7) is 7.16. The summed E-state index contributed by atoms with van der Waals surface area (Å²) in [5, 5.41) is 4.08. The highest BCUT2D eigenvalue weighted by atomic mass is 16.5. The van der Waals surface area contributed by atoms with Crippen molar-refractivity contribution < 1.29 is 9.32 Å². The van der Waals surface area contributed by atoms with Crippen LogP contribution in [0, 0.1) is 0 Å². The monoisotopic (exact) mass is 208 g/mol. The zero-order valence-electron chi connectivity index (χ0n) is 9.41. The highest BCUT2D eigenvalue weighted by molar-refractivity contribution is 5.73. The number of fused-ring (bicyclic) bond motifs is 1. The Bertz CT molecular complexity index is 382. The summed E-state index contributed by atoms with van der Waals surface area (Å²) < 4.78 is 5.28. The Morgan fingerprint density at radius 1 is 1.53 bits per heavy atom. The summed E-state index contributed by atoms with van der Waals surface area (Å²) in [7, 11) is 0. The number of hydrogen-bond acceptors (Lipinski definition) is 3. The van der Waals surface area contributed by atoms with Crippen molar-refractivity contribution in [2.75, 3.05) is 6.54 Å². The van der Waals surface area contributed by atoms with Gasteiger partial charge in [-0.05, 0) is 12.3 Å². The van der Waals surface area contributed by atoms with E-state index >= 15 is 0 Å². The number of carbonyl (C=O) groups is 1. The van der Waals surface area contributed by atoms with Crippen molar-refractivity contribution in [3.63, 3.8) is 0 Å². The fraction of sp³-hybridized carbons (Fsp3) is 0.636. The molecule has 82 valence electrons. The van der Waals surface area contributed by atoms with Crippen LogP contribution in [-0.2, 0) is 17.8 Å². The third kappa shape index (κ3) is 1.76. The molecule has 4 heteroatoms. The minimum atomic E-state index is 0.100. The number of amides is 1. The molecule has 15 heavy (non-hydrogen) atoms. The number of hydrogen-bond donors (Lipinski definition) is 0. The maximum absolute atomic E-state index is 11.2. The van der Waals surface area contributed by atoms with Crippen LogP contribution in [0.5, 0.6) is 0 Å². The van der Waals surface area contributed by atoms with Gasteiger partial charge in [-0.1, -0.05) is 19.0 Å². The molecule has 2 rings (SSSR count). The maximum Gasteiger partial charge on any atom is 0.219 e. The summed E-state index contributed by atoms with van der Waals surface area (Å²) in [5.41, 5.74) is 2.26. The Morgan fingerprint density at radius 3 is 2.87 bits per heavy atom. The average Bonchev–Trinajstić information content (AvgIpc) is 2.59. The Morgan fingerprint density at radius 2 is 2.27 bits per heavy atom. The lowest BCUT2D eigenvalue weighted by atomic mass is 9.99. The van der Waals surface area contributed by atoms with Crippen molar-refractivity contribution in [2.24, 2.45) is 0 Å². The van der Waals surface area contributed by atoms with Gasteiger partial charge in [-0.3, -0.25) is 4.79 Å². The van der Waals surface area contributed by atoms with Gasteiger partial charge in [0.15, 0.2) is 5.76 Å². The molecule has 1 aliphatic heterocycles. The Hall–Kier alpha value is -1.32. The SMILES string of the molecule is CC(=O)N1CCc2c(C(C)C)noc2C1. The van der Waals surface area contributed by atoms with Crippen LogP contribution in [0.1, 0.15) is 43.7 Å². The second-order valence-electron chi connectivity index (χ2n) is 4.31. The van der Waals surface area contributed by atoms with Gasteiger partial charge in [0.2, 0.25) is 5.91 Å². The van der Waals surface area contributed by atoms with Gasteiger partial charge in [0.1, 0.15) is 0 Å². The van der Waals surface area contributed by atoms with Crippen molar-refractivity contribution in [3.05, 3.63) is 17.0 Å². The standard InChI is InChI=1S/C11H16N2O2/c1-7(2)11-9-4-5-13(8(3)14)6-10(9)15-12-11/h7H,4-6H2,1-3H3. The van der Waals surface area contributed by atoms with Crippen LogP contribution in [0.25, 0.3) is 0 Å². The average molecular weight is 208 g/mol. The predicted molar refractivity (Wildman–Crippen MR) is 55.4 cm³/mol. The van der Waals surface area contributed by atoms with Crippen molar-refractivity contribution in [1.29, 1.82) is 0 Å². The lowest BCUT2D eigenvalue weighted by Crippen LogP contribution is -2.33. The summed E-state index contributed by atoms with van der Waals surface area (Å²) in [5.74, 6) is 1.35. The van der Waals surface area contributed by atoms with Gasteiger partial charge < -0.3 is 9.42 Å². The fourth-order valence-electron chi connectivity index (χ4n) is 1.97. The lowest BCUT2D eigenvalue weighted by Gasteiger charge is -2.24. The van der Waals surface area contributed by atoms with Crippen LogP contribution in [0.15, 0.2) is 4.52 Å². The van der Waals surface area contributed by atoms with E-state index in [1.54, 1.807) is 11.8 Å². The van der Waals surface area contributed by atoms with Gasteiger partial charge in [-0.15, -0.1) is 0 Å². The minimum Gasteiger partial charge on any atom is -0.359 e. The molecule has 0 atom stereocenters. The van der Waals surface area contributed by atoms with E-state index in [0.29, 0.717) is 12.5 Å². The molecule has 0 saturated carbocycles. The molecule has 0 unspecified atom stereocenters. The summed E-state index contributed by atoms with van der Waals surface area (Å²) >= 11 is 0. The maximum atomic E-state index is 11.2. The zero-order valence-corrected chi connectivity index (χ0v) is 9.41. The van der Waals surface area contributed by atoms with E-state index < -0.39 is 0 Å². The summed E-state index contributed by atoms with van der Waals surface area (Å²) in [6.07, 6.45) is 0.867. The first-order chi connectivity index (χ1) is 7.09. The molecule has 0 bridgehead atoms. The number of aromatic nitrogens is 1. The van der Waals surface area contributed by atoms with Crippen LogP contribution in [0.2, 0.25) is 0 Å². The Kier molecular flexibility index (Phi) is 2.50. The molecule has 0 N–H and O–H groups in total. The van der Waals surface area contributed by atoms with Gasteiger partial charge in [-0.2, -0.15) is 0 Å². The summed E-state index contributed by atoms with van der Waals surface area (Å²) in [4.78, 5) is 13.0. The number of carbonyl (C=O) groups excluding carboxylic acids is 1. The van der Waals surface area contributed by atoms with Crippen molar-refractivity contribution in [3.8, 4) is 0 Å².